The van der Waals surface area contributed by atoms with Crippen molar-refractivity contribution in [1.82, 2.24) is 10.6 Å². The van der Waals surface area contributed by atoms with Crippen LogP contribution in [-0.4, -0.2) is 18.9 Å². The van der Waals surface area contributed by atoms with E-state index in [1.807, 2.05) is 48.5 Å². The van der Waals surface area contributed by atoms with E-state index in [1.54, 1.807) is 19.9 Å². The Morgan fingerprint density at radius 3 is 2.81 bits per heavy atom. The van der Waals surface area contributed by atoms with Crippen LogP contribution in [0.15, 0.2) is 59.2 Å². The van der Waals surface area contributed by atoms with Crippen molar-refractivity contribution in [1.29, 1.82) is 0 Å². The first-order valence-electron chi connectivity index (χ1n) is 8.61. The van der Waals surface area contributed by atoms with Gasteiger partial charge in [-0.05, 0) is 30.2 Å². The van der Waals surface area contributed by atoms with Crippen LogP contribution in [0.5, 0.6) is 5.75 Å². The Labute approximate surface area is 157 Å². The zero-order chi connectivity index (χ0) is 19.1. The molecule has 0 fully saturated rings. The lowest BCUT2D eigenvalue weighted by Crippen LogP contribution is -2.30. The minimum Gasteiger partial charge on any atom is -0.497 e. The zero-order valence-corrected chi connectivity index (χ0v) is 15.0. The van der Waals surface area contributed by atoms with Gasteiger partial charge < -0.3 is 19.8 Å². The van der Waals surface area contributed by atoms with Crippen molar-refractivity contribution in [2.45, 2.75) is 19.4 Å². The number of para-hydroxylation sites is 1. The van der Waals surface area contributed by atoms with E-state index in [2.05, 4.69) is 10.6 Å². The molecule has 3 rings (SSSR count). The van der Waals surface area contributed by atoms with Crippen molar-refractivity contribution in [2.24, 2.45) is 0 Å². The van der Waals surface area contributed by atoms with E-state index in [4.69, 9.17) is 9.15 Å². The summed E-state index contributed by atoms with van der Waals surface area (Å²) >= 11 is 0. The number of hydrogen-bond donors (Lipinski definition) is 2. The standard InChI is InChI=1S/C21H21N2O4/c1-26-17-6-4-5-15(11-17)13-23-21(25)12-20(24)22-10-9-16-14-27-19-8-3-2-7-18(16)19/h2-8,10-11,14H,9,12-13H2,1H3,(H,22,24)(H,23,25). The molecule has 6 heteroatoms. The van der Waals surface area contributed by atoms with Gasteiger partial charge >= 0.3 is 0 Å². The molecule has 0 atom stereocenters. The summed E-state index contributed by atoms with van der Waals surface area (Å²) < 4.78 is 10.6. The Hall–Kier alpha value is -3.28. The lowest BCUT2D eigenvalue weighted by atomic mass is 10.1. The Balaban J connectivity index is 1.40. The SMILES string of the molecule is COc1cccc(CNC(=O)CC(=O)N[CH]Cc2coc3ccccc23)c1. The molecule has 3 aromatic rings. The fraction of sp³-hybridized carbons (Fsp3) is 0.190. The summed E-state index contributed by atoms with van der Waals surface area (Å²) in [6.45, 7) is 1.98. The quantitative estimate of drug-likeness (QED) is 0.602. The minimum atomic E-state index is -0.356. The van der Waals surface area contributed by atoms with Gasteiger partial charge in [0.2, 0.25) is 11.8 Å². The van der Waals surface area contributed by atoms with Crippen molar-refractivity contribution in [2.75, 3.05) is 7.11 Å². The summed E-state index contributed by atoms with van der Waals surface area (Å²) in [5, 5.41) is 6.38. The number of hydrogen-bond acceptors (Lipinski definition) is 4. The largest absolute Gasteiger partial charge is 0.497 e. The van der Waals surface area contributed by atoms with Gasteiger partial charge in [-0.1, -0.05) is 30.3 Å². The third-order valence-electron chi connectivity index (χ3n) is 4.09. The van der Waals surface area contributed by atoms with Crippen molar-refractivity contribution in [3.63, 3.8) is 0 Å². The summed E-state index contributed by atoms with van der Waals surface area (Å²) in [4.78, 5) is 23.8. The molecule has 2 amide bonds. The predicted molar refractivity (Wildman–Crippen MR) is 102 cm³/mol. The molecule has 6 nitrogen and oxygen atoms in total. The number of carbonyl (C=O) groups is 2. The third kappa shape index (κ3) is 5.10. The van der Waals surface area contributed by atoms with Crippen LogP contribution in [0.4, 0.5) is 0 Å². The van der Waals surface area contributed by atoms with Crippen molar-refractivity contribution in [3.8, 4) is 5.75 Å². The number of methoxy groups -OCH3 is 1. The summed E-state index contributed by atoms with van der Waals surface area (Å²) in [5.74, 6) is 0.0317. The molecule has 0 saturated heterocycles. The fourth-order valence-corrected chi connectivity index (χ4v) is 2.71. The van der Waals surface area contributed by atoms with Gasteiger partial charge in [0.1, 0.15) is 17.8 Å². The number of fused-ring (bicyclic) bond motifs is 1. The van der Waals surface area contributed by atoms with Crippen LogP contribution < -0.4 is 15.4 Å². The van der Waals surface area contributed by atoms with Crippen LogP contribution in [0.3, 0.4) is 0 Å². The normalized spacial score (nSPS) is 10.6. The molecule has 139 valence electrons. The Bertz CT molecular complexity index is 933. The molecule has 0 unspecified atom stereocenters. The number of ether oxygens (including phenoxy) is 1. The average Bonchev–Trinajstić information content (AvgIpc) is 3.10. The molecule has 27 heavy (non-hydrogen) atoms. The molecule has 0 saturated carbocycles. The molecule has 0 aliphatic heterocycles. The average molecular weight is 365 g/mol. The first-order chi connectivity index (χ1) is 13.2. The summed E-state index contributed by atoms with van der Waals surface area (Å²) in [6, 6.07) is 15.1. The topological polar surface area (TPSA) is 80.6 Å². The molecule has 0 aliphatic carbocycles. The lowest BCUT2D eigenvalue weighted by Gasteiger charge is -2.07. The second-order valence-electron chi connectivity index (χ2n) is 6.04. The van der Waals surface area contributed by atoms with Crippen LogP contribution in [0, 0.1) is 6.54 Å². The molecule has 2 aromatic carbocycles. The van der Waals surface area contributed by atoms with Gasteiger partial charge in [-0.15, -0.1) is 0 Å². The highest BCUT2D eigenvalue weighted by atomic mass is 16.5. The van der Waals surface area contributed by atoms with E-state index < -0.39 is 0 Å². The van der Waals surface area contributed by atoms with Crippen LogP contribution in [0.25, 0.3) is 11.0 Å². The molecule has 1 radical (unpaired) electrons. The van der Waals surface area contributed by atoms with Crippen LogP contribution in [0.1, 0.15) is 17.5 Å². The minimum absolute atomic E-state index is 0.230. The molecular formula is C21H21N2O4. The Morgan fingerprint density at radius 1 is 1.11 bits per heavy atom. The number of carbonyl (C=O) groups excluding carboxylic acids is 2. The van der Waals surface area contributed by atoms with E-state index in [0.717, 1.165) is 27.8 Å². The van der Waals surface area contributed by atoms with Gasteiger partial charge in [0, 0.05) is 17.5 Å². The van der Waals surface area contributed by atoms with Gasteiger partial charge in [0.15, 0.2) is 0 Å². The van der Waals surface area contributed by atoms with Crippen LogP contribution in [-0.2, 0) is 22.6 Å². The molecular weight excluding hydrogens is 344 g/mol. The number of benzene rings is 2. The van der Waals surface area contributed by atoms with Crippen molar-refractivity contribution >= 4 is 22.8 Å². The van der Waals surface area contributed by atoms with E-state index in [0.29, 0.717) is 13.0 Å². The number of furan rings is 1. The predicted octanol–water partition coefficient (Wildman–Crippen LogP) is 2.97. The van der Waals surface area contributed by atoms with Gasteiger partial charge in [0.25, 0.3) is 0 Å². The monoisotopic (exact) mass is 365 g/mol. The molecule has 0 aliphatic rings. The van der Waals surface area contributed by atoms with Crippen molar-refractivity contribution < 1.29 is 18.7 Å². The maximum absolute atomic E-state index is 11.9. The van der Waals surface area contributed by atoms with Gasteiger partial charge in [0.05, 0.1) is 19.9 Å². The summed E-state index contributed by atoms with van der Waals surface area (Å²) in [5.41, 5.74) is 2.69. The molecule has 1 aromatic heterocycles. The van der Waals surface area contributed by atoms with Crippen LogP contribution >= 0.6 is 0 Å². The van der Waals surface area contributed by atoms with E-state index in [1.165, 1.54) is 0 Å². The highest BCUT2D eigenvalue weighted by molar-refractivity contribution is 5.97. The lowest BCUT2D eigenvalue weighted by molar-refractivity contribution is -0.129. The van der Waals surface area contributed by atoms with E-state index >= 15 is 0 Å². The second-order valence-corrected chi connectivity index (χ2v) is 6.04. The first kappa shape index (κ1) is 18.5. The molecule has 0 spiro atoms. The van der Waals surface area contributed by atoms with Gasteiger partial charge in [-0.3, -0.25) is 9.59 Å². The van der Waals surface area contributed by atoms with E-state index in [9.17, 15) is 9.59 Å². The second kappa shape index (κ2) is 8.89. The van der Waals surface area contributed by atoms with Crippen LogP contribution in [0.2, 0.25) is 0 Å². The Kier molecular flexibility index (Phi) is 6.10. The first-order valence-corrected chi connectivity index (χ1v) is 8.61. The third-order valence-corrected chi connectivity index (χ3v) is 4.09. The molecule has 0 bridgehead atoms. The number of rotatable bonds is 8. The fourth-order valence-electron chi connectivity index (χ4n) is 2.71. The van der Waals surface area contributed by atoms with Crippen molar-refractivity contribution in [3.05, 3.63) is 72.5 Å². The maximum atomic E-state index is 11.9. The number of nitrogens with one attached hydrogen (secondary N) is 2. The number of amides is 2. The maximum Gasteiger partial charge on any atom is 0.229 e. The zero-order valence-electron chi connectivity index (χ0n) is 15.0. The van der Waals surface area contributed by atoms with Gasteiger partial charge in [-0.25, -0.2) is 0 Å². The highest BCUT2D eigenvalue weighted by Gasteiger charge is 2.10. The smallest absolute Gasteiger partial charge is 0.229 e. The molecule has 2 N–H and O–H groups in total. The highest BCUT2D eigenvalue weighted by Crippen LogP contribution is 2.21. The van der Waals surface area contributed by atoms with Gasteiger partial charge in [-0.2, -0.15) is 0 Å². The van der Waals surface area contributed by atoms with E-state index in [-0.39, 0.29) is 18.2 Å². The Morgan fingerprint density at radius 2 is 1.96 bits per heavy atom. The molecule has 1 heterocycles. The summed E-state index contributed by atoms with van der Waals surface area (Å²) in [6.07, 6.45) is 1.97. The summed E-state index contributed by atoms with van der Waals surface area (Å²) in [7, 11) is 1.59.